The van der Waals surface area contributed by atoms with Gasteiger partial charge in [-0.2, -0.15) is 0 Å². The van der Waals surface area contributed by atoms with Crippen molar-refractivity contribution in [3.05, 3.63) is 54.2 Å². The molecule has 0 radical (unpaired) electrons. The predicted octanol–water partition coefficient (Wildman–Crippen LogP) is 1.87. The monoisotopic (exact) mass is 518 g/mol. The van der Waals surface area contributed by atoms with Crippen molar-refractivity contribution in [2.45, 2.75) is 37.9 Å². The summed E-state index contributed by atoms with van der Waals surface area (Å²) in [5.41, 5.74) is 3.04. The third kappa shape index (κ3) is 4.29. The molecular formula is C25H22N6O5S. The van der Waals surface area contributed by atoms with Gasteiger partial charge in [-0.25, -0.2) is 4.98 Å². The van der Waals surface area contributed by atoms with Crippen LogP contribution in [-0.4, -0.2) is 49.1 Å². The zero-order valence-corrected chi connectivity index (χ0v) is 20.6. The Morgan fingerprint density at radius 2 is 1.97 bits per heavy atom. The lowest BCUT2D eigenvalue weighted by Crippen LogP contribution is -2.42. The van der Waals surface area contributed by atoms with Crippen LogP contribution in [0.25, 0.3) is 22.6 Å². The van der Waals surface area contributed by atoms with E-state index in [0.29, 0.717) is 22.3 Å². The summed E-state index contributed by atoms with van der Waals surface area (Å²) >= 11 is 5.58. The van der Waals surface area contributed by atoms with E-state index in [4.69, 9.17) is 21.2 Å². The van der Waals surface area contributed by atoms with Crippen LogP contribution >= 0.6 is 12.2 Å². The Morgan fingerprint density at radius 1 is 1.22 bits per heavy atom. The normalized spacial score (nSPS) is 17.7. The Morgan fingerprint density at radius 3 is 2.65 bits per heavy atom. The number of nitrogens with one attached hydrogen (secondary N) is 1. The molecule has 1 atom stereocenters. The van der Waals surface area contributed by atoms with Gasteiger partial charge in [0, 0.05) is 17.3 Å². The SMILES string of the molecule is C[n+]1noc([O-])c1CN1C(=S)N(C2CC2)C(=O)C1CC(=O)Nc1ccc(-c2nc3ccccc3o2)cc1. The molecule has 2 aromatic heterocycles. The van der Waals surface area contributed by atoms with E-state index in [1.807, 2.05) is 24.3 Å². The number of anilines is 1. The van der Waals surface area contributed by atoms with E-state index in [1.54, 1.807) is 41.1 Å². The number of thiocarbonyl (C=S) groups is 1. The second kappa shape index (κ2) is 8.96. The Hall–Kier alpha value is -4.32. The second-order valence-corrected chi connectivity index (χ2v) is 9.48. The molecule has 1 saturated carbocycles. The number of aryl methyl sites for hydroxylation is 1. The van der Waals surface area contributed by atoms with Crippen LogP contribution in [0.4, 0.5) is 5.69 Å². The molecule has 12 heteroatoms. The van der Waals surface area contributed by atoms with Crippen molar-refractivity contribution in [3.8, 4) is 17.4 Å². The van der Waals surface area contributed by atoms with E-state index < -0.39 is 12.0 Å². The minimum atomic E-state index is -0.832. The van der Waals surface area contributed by atoms with Crippen LogP contribution in [0.5, 0.6) is 5.95 Å². The molecular weight excluding hydrogens is 496 g/mol. The van der Waals surface area contributed by atoms with Gasteiger partial charge in [-0.1, -0.05) is 16.8 Å². The smallest absolute Gasteiger partial charge is 0.252 e. The van der Waals surface area contributed by atoms with Gasteiger partial charge >= 0.3 is 0 Å². The average molecular weight is 519 g/mol. The quantitative estimate of drug-likeness (QED) is 0.288. The fourth-order valence-corrected chi connectivity index (χ4v) is 4.87. The van der Waals surface area contributed by atoms with Crippen LogP contribution in [0, 0.1) is 0 Å². The van der Waals surface area contributed by atoms with Gasteiger partial charge in [0.25, 0.3) is 11.6 Å². The van der Waals surface area contributed by atoms with E-state index in [0.717, 1.165) is 23.9 Å². The lowest BCUT2D eigenvalue weighted by molar-refractivity contribution is -0.746. The van der Waals surface area contributed by atoms with Crippen LogP contribution in [-0.2, 0) is 23.2 Å². The highest BCUT2D eigenvalue weighted by molar-refractivity contribution is 7.80. The minimum absolute atomic E-state index is 0.0176. The number of nitrogens with zero attached hydrogens (tertiary/aromatic N) is 5. The van der Waals surface area contributed by atoms with Gasteiger partial charge in [0.05, 0.1) is 11.7 Å². The summed E-state index contributed by atoms with van der Waals surface area (Å²) in [6.45, 7) is 0.0176. The first-order valence-electron chi connectivity index (χ1n) is 11.8. The highest BCUT2D eigenvalue weighted by Crippen LogP contribution is 2.35. The summed E-state index contributed by atoms with van der Waals surface area (Å²) in [5.74, 6) is -0.708. The van der Waals surface area contributed by atoms with Gasteiger partial charge in [0.1, 0.15) is 18.1 Å². The second-order valence-electron chi connectivity index (χ2n) is 9.11. The maximum Gasteiger partial charge on any atom is 0.252 e. The Kier molecular flexibility index (Phi) is 5.60. The standard InChI is InChI=1S/C25H22N6O5S/c1-29-19(24(34)36-28-29)13-30-18(23(33)31(25(30)37)16-10-11-16)12-21(32)26-15-8-6-14(7-9-15)22-27-17-4-2-3-5-20(17)35-22/h2-9,16,18H,10-13H2,1H3,(H-,26,27,28,32,34). The molecule has 4 aromatic rings. The molecule has 188 valence electrons. The van der Waals surface area contributed by atoms with Crippen LogP contribution in [0.15, 0.2) is 57.5 Å². The number of carbonyl (C=O) groups excluding carboxylic acids is 2. The number of oxazole rings is 1. The summed E-state index contributed by atoms with van der Waals surface area (Å²) in [5, 5.41) is 18.9. The predicted molar refractivity (Wildman–Crippen MR) is 132 cm³/mol. The number of hydrogen-bond acceptors (Lipinski definition) is 8. The van der Waals surface area contributed by atoms with Crippen molar-refractivity contribution in [1.82, 2.24) is 20.1 Å². The number of amides is 2. The van der Waals surface area contributed by atoms with Crippen molar-refractivity contribution in [3.63, 3.8) is 0 Å². The van der Waals surface area contributed by atoms with Crippen LogP contribution in [0.3, 0.4) is 0 Å². The van der Waals surface area contributed by atoms with Gasteiger partial charge in [-0.3, -0.25) is 14.5 Å². The van der Waals surface area contributed by atoms with Crippen molar-refractivity contribution in [1.29, 1.82) is 0 Å². The molecule has 1 aliphatic heterocycles. The summed E-state index contributed by atoms with van der Waals surface area (Å²) < 4.78 is 11.8. The molecule has 1 unspecified atom stereocenters. The molecule has 2 aliphatic rings. The molecule has 11 nitrogen and oxygen atoms in total. The fourth-order valence-electron chi connectivity index (χ4n) is 4.44. The Bertz CT molecular complexity index is 1470. The van der Waals surface area contributed by atoms with E-state index in [1.165, 1.54) is 4.68 Å². The van der Waals surface area contributed by atoms with Gasteiger partial charge in [-0.05, 0) is 61.5 Å². The van der Waals surface area contributed by atoms with Crippen molar-refractivity contribution in [2.24, 2.45) is 7.05 Å². The lowest BCUT2D eigenvalue weighted by atomic mass is 10.1. The number of aromatic nitrogens is 3. The molecule has 37 heavy (non-hydrogen) atoms. The first-order chi connectivity index (χ1) is 17.9. The summed E-state index contributed by atoms with van der Waals surface area (Å²) in [6, 6.07) is 13.8. The van der Waals surface area contributed by atoms with E-state index in [2.05, 4.69) is 15.6 Å². The maximum atomic E-state index is 13.2. The summed E-state index contributed by atoms with van der Waals surface area (Å²) in [4.78, 5) is 33.9. The van der Waals surface area contributed by atoms with Gasteiger partial charge in [-0.15, -0.1) is 0 Å². The molecule has 0 spiro atoms. The molecule has 1 N–H and O–H groups in total. The highest BCUT2D eigenvalue weighted by atomic mass is 32.1. The van der Waals surface area contributed by atoms with Gasteiger partial charge in [0.2, 0.25) is 11.8 Å². The topological polar surface area (TPSA) is 132 Å². The van der Waals surface area contributed by atoms with Crippen molar-refractivity contribution >= 4 is 45.9 Å². The number of rotatable bonds is 7. The zero-order valence-electron chi connectivity index (χ0n) is 19.8. The fraction of sp³-hybridized carbons (Fsp3) is 0.280. The third-order valence-electron chi connectivity index (χ3n) is 6.54. The minimum Gasteiger partial charge on any atom is -0.539 e. The summed E-state index contributed by atoms with van der Waals surface area (Å²) in [6.07, 6.45) is 1.59. The number of hydrogen-bond donors (Lipinski definition) is 1. The van der Waals surface area contributed by atoms with Crippen LogP contribution in [0.2, 0.25) is 0 Å². The lowest BCUT2D eigenvalue weighted by Gasteiger charge is -2.22. The first kappa shape index (κ1) is 23.1. The highest BCUT2D eigenvalue weighted by Gasteiger charge is 2.49. The number of carbonyl (C=O) groups is 2. The molecule has 6 rings (SSSR count). The molecule has 2 fully saturated rings. The molecule has 3 heterocycles. The molecule has 0 bridgehead atoms. The van der Waals surface area contributed by atoms with Crippen LogP contribution in [0.1, 0.15) is 25.0 Å². The van der Waals surface area contributed by atoms with Crippen LogP contribution < -0.4 is 15.1 Å². The molecule has 2 aromatic carbocycles. The Labute approximate surface area is 216 Å². The maximum absolute atomic E-state index is 13.2. The van der Waals surface area contributed by atoms with Crippen molar-refractivity contribution < 1.29 is 28.3 Å². The Balaban J connectivity index is 1.17. The van der Waals surface area contributed by atoms with E-state index >= 15 is 0 Å². The molecule has 1 aliphatic carbocycles. The number of para-hydroxylation sites is 2. The van der Waals surface area contributed by atoms with Gasteiger partial charge < -0.3 is 24.3 Å². The zero-order chi connectivity index (χ0) is 25.7. The third-order valence-corrected chi connectivity index (χ3v) is 6.97. The largest absolute Gasteiger partial charge is 0.539 e. The van der Waals surface area contributed by atoms with Gasteiger partial charge in [0.15, 0.2) is 23.7 Å². The van der Waals surface area contributed by atoms with E-state index in [-0.39, 0.29) is 36.5 Å². The number of fused-ring (bicyclic) bond motifs is 1. The molecule has 2 amide bonds. The average Bonchev–Trinajstić information content (AvgIpc) is 3.47. The van der Waals surface area contributed by atoms with E-state index in [9.17, 15) is 14.7 Å². The van der Waals surface area contributed by atoms with Crippen molar-refractivity contribution in [2.75, 3.05) is 5.32 Å². The first-order valence-corrected chi connectivity index (χ1v) is 12.2. The number of benzene rings is 2. The summed E-state index contributed by atoms with van der Waals surface area (Å²) in [7, 11) is 1.58. The molecule has 1 saturated heterocycles.